The minimum atomic E-state index is 0.0830. The first kappa shape index (κ1) is 13.7. The summed E-state index contributed by atoms with van der Waals surface area (Å²) in [6, 6.07) is 0. The van der Waals surface area contributed by atoms with Crippen LogP contribution in [0, 0.1) is 5.92 Å². The minimum absolute atomic E-state index is 0.0830. The number of rotatable bonds is 2. The van der Waals surface area contributed by atoms with E-state index in [4.69, 9.17) is 4.74 Å². The summed E-state index contributed by atoms with van der Waals surface area (Å²) in [5, 5.41) is 10.8. The quantitative estimate of drug-likeness (QED) is 0.827. The van der Waals surface area contributed by atoms with Crippen LogP contribution in [0.5, 0.6) is 0 Å². The summed E-state index contributed by atoms with van der Waals surface area (Å²) >= 11 is 1.71. The average molecular weight is 269 g/mol. The topological polar surface area (TPSA) is 38.2 Å². The van der Waals surface area contributed by atoms with Crippen LogP contribution in [0.2, 0.25) is 0 Å². The van der Waals surface area contributed by atoms with E-state index in [1.807, 2.05) is 0 Å². The van der Waals surface area contributed by atoms with E-state index in [2.05, 4.69) is 42.8 Å². The van der Waals surface area contributed by atoms with Crippen molar-refractivity contribution in [2.24, 2.45) is 5.92 Å². The summed E-state index contributed by atoms with van der Waals surface area (Å²) in [5.41, 5.74) is 0.0830. The van der Waals surface area contributed by atoms with Gasteiger partial charge in [0.2, 0.25) is 5.13 Å². The molecule has 2 heterocycles. The Bertz CT molecular complexity index is 399. The molecule has 0 N–H and O–H groups in total. The molecule has 0 aromatic carbocycles. The molecule has 0 aliphatic carbocycles. The molecule has 2 atom stereocenters. The summed E-state index contributed by atoms with van der Waals surface area (Å²) in [4.78, 5) is 2.31. The molecule has 0 radical (unpaired) electrons. The van der Waals surface area contributed by atoms with Gasteiger partial charge >= 0.3 is 0 Å². The molecule has 1 saturated heterocycles. The number of aromatic nitrogens is 2. The zero-order valence-electron chi connectivity index (χ0n) is 11.9. The van der Waals surface area contributed by atoms with Crippen LogP contribution in [0.15, 0.2) is 0 Å². The number of hydrogen-bond donors (Lipinski definition) is 0. The largest absolute Gasteiger partial charge is 0.379 e. The standard InChI is InChI=1S/C13H23N3OS/c1-9-6-7-16(8-10(9)17-5)12-15-14-11(18-12)13(2,3)4/h9-10H,6-8H2,1-5H3. The van der Waals surface area contributed by atoms with Crippen molar-refractivity contribution >= 4 is 16.5 Å². The van der Waals surface area contributed by atoms with E-state index in [9.17, 15) is 0 Å². The second-order valence-corrected chi connectivity index (χ2v) is 7.08. The van der Waals surface area contributed by atoms with E-state index in [1.165, 1.54) is 0 Å². The molecule has 0 spiro atoms. The Kier molecular flexibility index (Phi) is 3.92. The molecule has 0 saturated carbocycles. The highest BCUT2D eigenvalue weighted by atomic mass is 32.1. The molecule has 4 nitrogen and oxygen atoms in total. The van der Waals surface area contributed by atoms with Crippen molar-refractivity contribution in [3.8, 4) is 0 Å². The zero-order valence-corrected chi connectivity index (χ0v) is 12.8. The summed E-state index contributed by atoms with van der Waals surface area (Å²) in [6.07, 6.45) is 1.46. The van der Waals surface area contributed by atoms with E-state index in [0.717, 1.165) is 29.6 Å². The Labute approximate surface area is 113 Å². The molecule has 1 aliphatic heterocycles. The van der Waals surface area contributed by atoms with Crippen molar-refractivity contribution in [1.29, 1.82) is 0 Å². The molecule has 2 rings (SSSR count). The Balaban J connectivity index is 2.10. The Hall–Kier alpha value is -0.680. The summed E-state index contributed by atoms with van der Waals surface area (Å²) in [7, 11) is 1.80. The van der Waals surface area contributed by atoms with E-state index >= 15 is 0 Å². The molecule has 1 aromatic rings. The van der Waals surface area contributed by atoms with Crippen LogP contribution >= 0.6 is 11.3 Å². The van der Waals surface area contributed by atoms with Crippen LogP contribution in [0.1, 0.15) is 39.1 Å². The van der Waals surface area contributed by atoms with Crippen LogP contribution in [0.4, 0.5) is 5.13 Å². The van der Waals surface area contributed by atoms with Crippen LogP contribution in [-0.2, 0) is 10.2 Å². The third-order valence-electron chi connectivity index (χ3n) is 3.52. The predicted octanol–water partition coefficient (Wildman–Crippen LogP) is 2.70. The molecule has 102 valence electrons. The van der Waals surface area contributed by atoms with Gasteiger partial charge in [0.25, 0.3) is 0 Å². The number of nitrogens with zero attached hydrogens (tertiary/aromatic N) is 3. The van der Waals surface area contributed by atoms with Gasteiger partial charge < -0.3 is 9.64 Å². The Morgan fingerprint density at radius 2 is 2.06 bits per heavy atom. The van der Waals surface area contributed by atoms with Crippen molar-refractivity contribution in [2.75, 3.05) is 25.1 Å². The lowest BCUT2D eigenvalue weighted by atomic mass is 9.96. The van der Waals surface area contributed by atoms with Gasteiger partial charge in [0.1, 0.15) is 5.01 Å². The van der Waals surface area contributed by atoms with Crippen LogP contribution in [-0.4, -0.2) is 36.5 Å². The number of anilines is 1. The van der Waals surface area contributed by atoms with Crippen molar-refractivity contribution in [3.63, 3.8) is 0 Å². The Morgan fingerprint density at radius 1 is 1.33 bits per heavy atom. The van der Waals surface area contributed by atoms with E-state index in [1.54, 1.807) is 18.4 Å². The molecule has 1 aliphatic rings. The molecule has 0 bridgehead atoms. The van der Waals surface area contributed by atoms with E-state index in [0.29, 0.717) is 12.0 Å². The van der Waals surface area contributed by atoms with Gasteiger partial charge in [0, 0.05) is 25.6 Å². The molecule has 1 fully saturated rings. The zero-order chi connectivity index (χ0) is 13.3. The second-order valence-electron chi connectivity index (χ2n) is 6.13. The Morgan fingerprint density at radius 3 is 2.61 bits per heavy atom. The maximum Gasteiger partial charge on any atom is 0.208 e. The minimum Gasteiger partial charge on any atom is -0.379 e. The van der Waals surface area contributed by atoms with Crippen molar-refractivity contribution in [3.05, 3.63) is 5.01 Å². The third-order valence-corrected chi connectivity index (χ3v) is 4.93. The van der Waals surface area contributed by atoms with E-state index < -0.39 is 0 Å². The smallest absolute Gasteiger partial charge is 0.208 e. The van der Waals surface area contributed by atoms with Crippen molar-refractivity contribution in [1.82, 2.24) is 10.2 Å². The van der Waals surface area contributed by atoms with Crippen LogP contribution in [0.25, 0.3) is 0 Å². The monoisotopic (exact) mass is 269 g/mol. The van der Waals surface area contributed by atoms with Gasteiger partial charge in [-0.3, -0.25) is 0 Å². The van der Waals surface area contributed by atoms with Crippen molar-refractivity contribution < 1.29 is 4.74 Å². The normalized spacial score (nSPS) is 25.5. The molecule has 5 heteroatoms. The van der Waals surface area contributed by atoms with Gasteiger partial charge in [-0.15, -0.1) is 10.2 Å². The first-order valence-corrected chi connectivity index (χ1v) is 7.35. The van der Waals surface area contributed by atoms with Gasteiger partial charge in [-0.2, -0.15) is 0 Å². The third kappa shape index (κ3) is 2.83. The van der Waals surface area contributed by atoms with Crippen LogP contribution < -0.4 is 4.90 Å². The van der Waals surface area contributed by atoms with Gasteiger partial charge in [-0.05, 0) is 12.3 Å². The maximum absolute atomic E-state index is 5.54. The van der Waals surface area contributed by atoms with Gasteiger partial charge in [-0.25, -0.2) is 0 Å². The lowest BCUT2D eigenvalue weighted by molar-refractivity contribution is 0.0498. The fourth-order valence-corrected chi connectivity index (χ4v) is 3.10. The van der Waals surface area contributed by atoms with E-state index in [-0.39, 0.29) is 5.41 Å². The number of ether oxygens (including phenoxy) is 1. The molecule has 2 unspecified atom stereocenters. The fourth-order valence-electron chi connectivity index (χ4n) is 2.16. The van der Waals surface area contributed by atoms with Gasteiger partial charge in [0.05, 0.1) is 6.10 Å². The highest BCUT2D eigenvalue weighted by Gasteiger charge is 2.29. The fraction of sp³-hybridized carbons (Fsp3) is 0.846. The molecule has 1 aromatic heterocycles. The summed E-state index contributed by atoms with van der Waals surface area (Å²) < 4.78 is 5.54. The molecule has 0 amide bonds. The summed E-state index contributed by atoms with van der Waals surface area (Å²) in [5.74, 6) is 0.626. The van der Waals surface area contributed by atoms with Gasteiger partial charge in [0.15, 0.2) is 0 Å². The highest BCUT2D eigenvalue weighted by Crippen LogP contribution is 2.32. The first-order valence-electron chi connectivity index (χ1n) is 6.53. The lowest BCUT2D eigenvalue weighted by Gasteiger charge is -2.35. The summed E-state index contributed by atoms with van der Waals surface area (Å²) in [6.45, 7) is 10.8. The number of methoxy groups -OCH3 is 1. The molecular weight excluding hydrogens is 246 g/mol. The number of hydrogen-bond acceptors (Lipinski definition) is 5. The first-order chi connectivity index (χ1) is 8.41. The predicted molar refractivity (Wildman–Crippen MR) is 75.4 cm³/mol. The maximum atomic E-state index is 5.54. The lowest BCUT2D eigenvalue weighted by Crippen LogP contribution is -2.43. The van der Waals surface area contributed by atoms with Crippen LogP contribution in [0.3, 0.4) is 0 Å². The SMILES string of the molecule is COC1CN(c2nnc(C(C)(C)C)s2)CCC1C. The average Bonchev–Trinajstić information content (AvgIpc) is 2.78. The highest BCUT2D eigenvalue weighted by molar-refractivity contribution is 7.15. The molecular formula is C13H23N3OS. The second kappa shape index (κ2) is 5.13. The number of piperidine rings is 1. The van der Waals surface area contributed by atoms with Gasteiger partial charge in [-0.1, -0.05) is 39.0 Å². The molecule has 18 heavy (non-hydrogen) atoms. The van der Waals surface area contributed by atoms with Crippen molar-refractivity contribution in [2.45, 2.75) is 45.6 Å².